The molecule has 22 heavy (non-hydrogen) atoms. The van der Waals surface area contributed by atoms with Crippen molar-refractivity contribution in [3.05, 3.63) is 57.6 Å². The van der Waals surface area contributed by atoms with Crippen LogP contribution in [0.1, 0.15) is 27.4 Å². The van der Waals surface area contributed by atoms with Gasteiger partial charge in [-0.1, -0.05) is 0 Å². The van der Waals surface area contributed by atoms with E-state index < -0.39 is 0 Å². The summed E-state index contributed by atoms with van der Waals surface area (Å²) in [5.74, 6) is 0. The minimum absolute atomic E-state index is 0.930. The van der Waals surface area contributed by atoms with E-state index in [-0.39, 0.29) is 0 Å². The zero-order chi connectivity index (χ0) is 15.7. The molecule has 0 aliphatic carbocycles. The molecule has 0 unspecified atom stereocenters. The number of nitrogens with zero attached hydrogens (tertiary/aromatic N) is 5. The zero-order valence-corrected chi connectivity index (χ0v) is 14.3. The molecular formula is C16H21N5S. The molecule has 3 rings (SSSR count). The minimum atomic E-state index is 0.930. The molecule has 0 amide bonds. The molecule has 0 fully saturated rings. The van der Waals surface area contributed by atoms with Gasteiger partial charge in [-0.25, -0.2) is 4.68 Å². The molecule has 0 N–H and O–H groups in total. The largest absolute Gasteiger partial charge is 0.297 e. The van der Waals surface area contributed by atoms with E-state index in [1.807, 2.05) is 16.0 Å². The number of aromatic nitrogens is 4. The van der Waals surface area contributed by atoms with Crippen molar-refractivity contribution in [3.8, 4) is 0 Å². The molecule has 0 aliphatic rings. The number of rotatable bonds is 5. The van der Waals surface area contributed by atoms with Gasteiger partial charge in [-0.3, -0.25) is 9.58 Å². The van der Waals surface area contributed by atoms with Crippen LogP contribution in [0.2, 0.25) is 0 Å². The molecule has 3 aromatic rings. The van der Waals surface area contributed by atoms with E-state index in [9.17, 15) is 0 Å². The van der Waals surface area contributed by atoms with Gasteiger partial charge in [-0.2, -0.15) is 0 Å². The van der Waals surface area contributed by atoms with Crippen LogP contribution < -0.4 is 0 Å². The Hall–Kier alpha value is -1.92. The Labute approximate surface area is 134 Å². The normalized spacial score (nSPS) is 11.5. The highest BCUT2D eigenvalue weighted by molar-refractivity contribution is 7.10. The average molecular weight is 315 g/mol. The molecular weight excluding hydrogens is 294 g/mol. The molecule has 0 bridgehead atoms. The summed E-state index contributed by atoms with van der Waals surface area (Å²) in [5.41, 5.74) is 5.13. The van der Waals surface area contributed by atoms with E-state index in [1.165, 1.54) is 27.4 Å². The summed E-state index contributed by atoms with van der Waals surface area (Å²) >= 11 is 1.83. The lowest BCUT2D eigenvalue weighted by Gasteiger charge is -2.17. The van der Waals surface area contributed by atoms with E-state index in [2.05, 4.69) is 65.1 Å². The van der Waals surface area contributed by atoms with Crippen molar-refractivity contribution in [1.29, 1.82) is 0 Å². The Morgan fingerprint density at radius 1 is 1.14 bits per heavy atom. The topological polar surface area (TPSA) is 38.9 Å². The zero-order valence-electron chi connectivity index (χ0n) is 13.4. The van der Waals surface area contributed by atoms with Crippen molar-refractivity contribution in [1.82, 2.24) is 24.4 Å². The molecule has 0 atom stereocenters. The second kappa shape index (κ2) is 6.06. The van der Waals surface area contributed by atoms with Gasteiger partial charge in [0.05, 0.1) is 0 Å². The third-order valence-corrected chi connectivity index (χ3v) is 4.97. The lowest BCUT2D eigenvalue weighted by molar-refractivity contribution is 0.320. The van der Waals surface area contributed by atoms with Gasteiger partial charge >= 0.3 is 0 Å². The summed E-state index contributed by atoms with van der Waals surface area (Å²) in [4.78, 5) is 3.80. The van der Waals surface area contributed by atoms with Crippen LogP contribution in [0.4, 0.5) is 0 Å². The predicted molar refractivity (Wildman–Crippen MR) is 89.0 cm³/mol. The molecule has 3 aromatic heterocycles. The number of hydrogen-bond donors (Lipinski definition) is 0. The fourth-order valence-electron chi connectivity index (χ4n) is 2.79. The highest BCUT2D eigenvalue weighted by atomic mass is 32.1. The first kappa shape index (κ1) is 15.0. The van der Waals surface area contributed by atoms with Gasteiger partial charge in [0.2, 0.25) is 0 Å². The summed E-state index contributed by atoms with van der Waals surface area (Å²) in [6.07, 6.45) is 3.45. The Bertz CT molecular complexity index is 754. The van der Waals surface area contributed by atoms with Crippen LogP contribution in [0.5, 0.6) is 0 Å². The first-order valence-corrected chi connectivity index (χ1v) is 8.19. The molecule has 0 radical (unpaired) electrons. The maximum atomic E-state index is 3.89. The van der Waals surface area contributed by atoms with Gasteiger partial charge in [-0.05, 0) is 56.5 Å². The Balaban J connectivity index is 1.78. The summed E-state index contributed by atoms with van der Waals surface area (Å²) in [5, 5.41) is 9.95. The van der Waals surface area contributed by atoms with Crippen molar-refractivity contribution < 1.29 is 0 Å². The Morgan fingerprint density at radius 2 is 1.86 bits per heavy atom. The van der Waals surface area contributed by atoms with E-state index in [0.717, 1.165) is 13.1 Å². The van der Waals surface area contributed by atoms with Gasteiger partial charge in [0.25, 0.3) is 0 Å². The Kier molecular flexibility index (Phi) is 4.13. The van der Waals surface area contributed by atoms with Crippen molar-refractivity contribution in [3.63, 3.8) is 0 Å². The van der Waals surface area contributed by atoms with Gasteiger partial charge in [-0.15, -0.1) is 21.5 Å². The van der Waals surface area contributed by atoms with Crippen molar-refractivity contribution in [2.75, 3.05) is 7.05 Å². The fraction of sp³-hybridized carbons (Fsp3) is 0.375. The maximum absolute atomic E-state index is 3.89. The van der Waals surface area contributed by atoms with Crippen molar-refractivity contribution in [2.45, 2.75) is 33.9 Å². The summed E-state index contributed by atoms with van der Waals surface area (Å²) < 4.78 is 4.05. The van der Waals surface area contributed by atoms with Gasteiger partial charge in [0.1, 0.15) is 12.7 Å². The molecule has 5 nitrogen and oxygen atoms in total. The quantitative estimate of drug-likeness (QED) is 0.726. The van der Waals surface area contributed by atoms with E-state index in [0.29, 0.717) is 0 Å². The van der Waals surface area contributed by atoms with Crippen LogP contribution in [-0.4, -0.2) is 31.5 Å². The van der Waals surface area contributed by atoms with Crippen molar-refractivity contribution >= 4 is 11.3 Å². The van der Waals surface area contributed by atoms with Crippen LogP contribution in [0.3, 0.4) is 0 Å². The smallest absolute Gasteiger partial charge is 0.139 e. The first-order valence-electron chi connectivity index (χ1n) is 7.31. The van der Waals surface area contributed by atoms with Gasteiger partial charge in [0.15, 0.2) is 0 Å². The highest BCUT2D eigenvalue weighted by Crippen LogP contribution is 2.21. The maximum Gasteiger partial charge on any atom is 0.139 e. The molecule has 0 saturated heterocycles. The highest BCUT2D eigenvalue weighted by Gasteiger charge is 2.13. The SMILES string of the molecule is Cc1ccsc1CN(C)Cc1cc(C)n(-n2cnnc2)c1C. The van der Waals surface area contributed by atoms with Crippen LogP contribution in [0, 0.1) is 20.8 Å². The van der Waals surface area contributed by atoms with Gasteiger partial charge < -0.3 is 0 Å². The molecule has 3 heterocycles. The van der Waals surface area contributed by atoms with Crippen LogP contribution in [0.15, 0.2) is 30.2 Å². The second-order valence-corrected chi connectivity index (χ2v) is 6.75. The molecule has 0 spiro atoms. The molecule has 0 saturated carbocycles. The lowest BCUT2D eigenvalue weighted by Crippen LogP contribution is -2.18. The molecule has 6 heteroatoms. The fourth-order valence-corrected chi connectivity index (χ4v) is 3.78. The summed E-state index contributed by atoms with van der Waals surface area (Å²) in [6.45, 7) is 8.35. The Morgan fingerprint density at radius 3 is 2.50 bits per heavy atom. The molecule has 0 aromatic carbocycles. The average Bonchev–Trinajstić information content (AvgIpc) is 3.15. The second-order valence-electron chi connectivity index (χ2n) is 5.75. The first-order chi connectivity index (χ1) is 10.6. The van der Waals surface area contributed by atoms with Crippen molar-refractivity contribution in [2.24, 2.45) is 0 Å². The van der Waals surface area contributed by atoms with E-state index >= 15 is 0 Å². The number of thiophene rings is 1. The molecule has 116 valence electrons. The standard InChI is InChI=1S/C16H21N5S/c1-12-5-6-22-16(12)9-19(4)8-15-7-13(2)21(14(15)3)20-10-17-18-11-20/h5-7,10-11H,8-9H2,1-4H3. The third-order valence-electron chi connectivity index (χ3n) is 3.96. The summed E-state index contributed by atoms with van der Waals surface area (Å²) in [7, 11) is 2.17. The minimum Gasteiger partial charge on any atom is -0.297 e. The van der Waals surface area contributed by atoms with Gasteiger partial charge in [0, 0.05) is 29.4 Å². The number of aryl methyl sites for hydroxylation is 2. The number of hydrogen-bond acceptors (Lipinski definition) is 4. The van der Waals surface area contributed by atoms with Crippen LogP contribution in [0.25, 0.3) is 0 Å². The molecule has 0 aliphatic heterocycles. The van der Waals surface area contributed by atoms with Crippen LogP contribution >= 0.6 is 11.3 Å². The third kappa shape index (κ3) is 2.84. The van der Waals surface area contributed by atoms with E-state index in [1.54, 1.807) is 12.7 Å². The monoisotopic (exact) mass is 315 g/mol. The predicted octanol–water partition coefficient (Wildman–Crippen LogP) is 3.01. The lowest BCUT2D eigenvalue weighted by atomic mass is 10.2. The van der Waals surface area contributed by atoms with Crippen LogP contribution in [-0.2, 0) is 13.1 Å². The summed E-state index contributed by atoms with van der Waals surface area (Å²) in [6, 6.07) is 4.43. The van der Waals surface area contributed by atoms with E-state index in [4.69, 9.17) is 0 Å².